The van der Waals surface area contributed by atoms with Crippen molar-refractivity contribution < 1.29 is 28.6 Å². The third kappa shape index (κ3) is 62.5. The molecule has 6 nitrogen and oxygen atoms in total. The van der Waals surface area contributed by atoms with Crippen LogP contribution in [0, 0.1) is 0 Å². The molecule has 0 bridgehead atoms. The van der Waals surface area contributed by atoms with Crippen LogP contribution in [0.25, 0.3) is 0 Å². The van der Waals surface area contributed by atoms with Gasteiger partial charge in [-0.05, 0) is 70.6 Å². The standard InChI is InChI=1S/C70H130O6/c1-4-7-10-13-16-19-22-24-26-27-28-29-30-31-32-33-34-35-36-37-38-39-40-41-42-43-45-46-48-51-54-57-60-63-69(72)75-66-67(65-74-68(71)62-59-56-53-50-21-18-15-12-9-6-3)76-70(73)64-61-58-55-52-49-47-44-25-23-20-17-14-11-8-5-2/h12,15,17,20,25,44,67H,4-11,13-14,16,18-19,21-24,26-43,45-66H2,1-3H3/b15-12-,20-17-,44-25-. The molecule has 0 saturated carbocycles. The molecule has 0 aromatic heterocycles. The van der Waals surface area contributed by atoms with E-state index in [1.807, 2.05) is 0 Å². The Morgan fingerprint density at radius 3 is 0.816 bits per heavy atom. The number of carbonyl (C=O) groups is 3. The molecule has 0 aliphatic carbocycles. The maximum absolute atomic E-state index is 12.8. The van der Waals surface area contributed by atoms with Crippen LogP contribution in [0.4, 0.5) is 0 Å². The first-order chi connectivity index (χ1) is 37.5. The Morgan fingerprint density at radius 2 is 0.500 bits per heavy atom. The van der Waals surface area contributed by atoms with E-state index >= 15 is 0 Å². The number of hydrogen-bond donors (Lipinski definition) is 0. The lowest BCUT2D eigenvalue weighted by Gasteiger charge is -2.18. The second kappa shape index (κ2) is 65.2. The van der Waals surface area contributed by atoms with Crippen LogP contribution in [0.1, 0.15) is 374 Å². The quantitative estimate of drug-likeness (QED) is 0.0261. The summed E-state index contributed by atoms with van der Waals surface area (Å²) in [6.45, 7) is 6.59. The molecule has 0 aliphatic rings. The summed E-state index contributed by atoms with van der Waals surface area (Å²) in [6, 6.07) is 0. The van der Waals surface area contributed by atoms with Gasteiger partial charge < -0.3 is 14.2 Å². The van der Waals surface area contributed by atoms with Crippen molar-refractivity contribution in [1.29, 1.82) is 0 Å². The summed E-state index contributed by atoms with van der Waals surface area (Å²) in [5.74, 6) is -0.883. The number of carbonyl (C=O) groups excluding carboxylic acids is 3. The summed E-state index contributed by atoms with van der Waals surface area (Å²) >= 11 is 0. The molecule has 1 unspecified atom stereocenters. The van der Waals surface area contributed by atoms with Gasteiger partial charge in [-0.15, -0.1) is 0 Å². The molecule has 1 atom stereocenters. The molecule has 76 heavy (non-hydrogen) atoms. The predicted molar refractivity (Wildman–Crippen MR) is 330 cm³/mol. The largest absolute Gasteiger partial charge is 0.462 e. The highest BCUT2D eigenvalue weighted by molar-refractivity contribution is 5.71. The Morgan fingerprint density at radius 1 is 0.263 bits per heavy atom. The summed E-state index contributed by atoms with van der Waals surface area (Å²) in [7, 11) is 0. The molecule has 0 spiro atoms. The van der Waals surface area contributed by atoms with E-state index < -0.39 is 6.10 Å². The van der Waals surface area contributed by atoms with Gasteiger partial charge in [-0.1, -0.05) is 320 Å². The maximum Gasteiger partial charge on any atom is 0.306 e. The zero-order valence-electron chi connectivity index (χ0n) is 51.3. The first kappa shape index (κ1) is 73.6. The molecule has 0 aromatic rings. The molecule has 0 aromatic carbocycles. The molecule has 6 heteroatoms. The molecule has 0 amide bonds. The van der Waals surface area contributed by atoms with Crippen LogP contribution in [0.3, 0.4) is 0 Å². The van der Waals surface area contributed by atoms with Crippen molar-refractivity contribution in [2.45, 2.75) is 380 Å². The first-order valence-electron chi connectivity index (χ1n) is 34.0. The van der Waals surface area contributed by atoms with Gasteiger partial charge >= 0.3 is 17.9 Å². The number of unbranched alkanes of at least 4 members (excludes halogenated alkanes) is 46. The number of ether oxygens (including phenoxy) is 3. The van der Waals surface area contributed by atoms with Crippen molar-refractivity contribution in [3.05, 3.63) is 36.5 Å². The van der Waals surface area contributed by atoms with Gasteiger partial charge in [0.15, 0.2) is 6.10 Å². The second-order valence-electron chi connectivity index (χ2n) is 23.1. The Kier molecular flexibility index (Phi) is 63.1. The molecule has 0 rings (SSSR count). The van der Waals surface area contributed by atoms with Crippen LogP contribution in [0.2, 0.25) is 0 Å². The summed E-state index contributed by atoms with van der Waals surface area (Å²) in [4.78, 5) is 38.2. The molecule has 0 radical (unpaired) electrons. The van der Waals surface area contributed by atoms with Gasteiger partial charge in [0.2, 0.25) is 0 Å². The molecule has 0 heterocycles. The lowest BCUT2D eigenvalue weighted by molar-refractivity contribution is -0.167. The highest BCUT2D eigenvalue weighted by Crippen LogP contribution is 2.18. The average molecular weight is 1070 g/mol. The van der Waals surface area contributed by atoms with Crippen molar-refractivity contribution in [1.82, 2.24) is 0 Å². The molecule has 0 N–H and O–H groups in total. The number of rotatable bonds is 63. The first-order valence-corrected chi connectivity index (χ1v) is 34.0. The second-order valence-corrected chi connectivity index (χ2v) is 23.1. The van der Waals surface area contributed by atoms with Gasteiger partial charge in [0.25, 0.3) is 0 Å². The van der Waals surface area contributed by atoms with Gasteiger partial charge in [-0.25, -0.2) is 0 Å². The van der Waals surface area contributed by atoms with Crippen molar-refractivity contribution in [3.8, 4) is 0 Å². The van der Waals surface area contributed by atoms with E-state index in [1.165, 1.54) is 238 Å². The van der Waals surface area contributed by atoms with Crippen LogP contribution < -0.4 is 0 Å². The van der Waals surface area contributed by atoms with E-state index in [9.17, 15) is 14.4 Å². The Labute approximate surface area is 474 Å². The lowest BCUT2D eigenvalue weighted by atomic mass is 10.0. The fraction of sp³-hybridized carbons (Fsp3) is 0.871. The van der Waals surface area contributed by atoms with E-state index in [1.54, 1.807) is 0 Å². The monoisotopic (exact) mass is 1070 g/mol. The maximum atomic E-state index is 12.8. The molecule has 446 valence electrons. The van der Waals surface area contributed by atoms with Gasteiger partial charge in [0, 0.05) is 19.3 Å². The highest BCUT2D eigenvalue weighted by atomic mass is 16.6. The van der Waals surface area contributed by atoms with E-state index in [0.717, 1.165) is 96.3 Å². The van der Waals surface area contributed by atoms with Gasteiger partial charge in [-0.2, -0.15) is 0 Å². The molecule has 0 saturated heterocycles. The number of allylic oxidation sites excluding steroid dienone is 6. The van der Waals surface area contributed by atoms with Gasteiger partial charge in [0.1, 0.15) is 13.2 Å². The predicted octanol–water partition coefficient (Wildman–Crippen LogP) is 23.2. The minimum absolute atomic E-state index is 0.0770. The van der Waals surface area contributed by atoms with Crippen molar-refractivity contribution in [2.75, 3.05) is 13.2 Å². The lowest BCUT2D eigenvalue weighted by Crippen LogP contribution is -2.30. The number of esters is 3. The summed E-state index contributed by atoms with van der Waals surface area (Å²) in [5, 5.41) is 0. The SMILES string of the molecule is CCC/C=C\CCCCCCCC(=O)OCC(COC(=O)CCCCCCCCCCCCCCCCCCCCCCCCCCCCCCCCCCC)OC(=O)CCCCCCC/C=C\C/C=C\CCCCC. The zero-order valence-corrected chi connectivity index (χ0v) is 51.3. The Balaban J connectivity index is 4.01. The van der Waals surface area contributed by atoms with E-state index in [0.29, 0.717) is 19.3 Å². The highest BCUT2D eigenvalue weighted by Gasteiger charge is 2.19. The Bertz CT molecular complexity index is 1270. The minimum atomic E-state index is -0.780. The topological polar surface area (TPSA) is 78.9 Å². The molecular formula is C70H130O6. The average Bonchev–Trinajstić information content (AvgIpc) is 3.42. The van der Waals surface area contributed by atoms with Crippen LogP contribution in [-0.2, 0) is 28.6 Å². The smallest absolute Gasteiger partial charge is 0.306 e. The van der Waals surface area contributed by atoms with Crippen LogP contribution in [0.5, 0.6) is 0 Å². The van der Waals surface area contributed by atoms with E-state index in [2.05, 4.69) is 57.2 Å². The van der Waals surface area contributed by atoms with Crippen molar-refractivity contribution in [3.63, 3.8) is 0 Å². The van der Waals surface area contributed by atoms with E-state index in [4.69, 9.17) is 14.2 Å². The summed E-state index contributed by atoms with van der Waals surface area (Å²) in [6.07, 6.45) is 80.6. The fourth-order valence-electron chi connectivity index (χ4n) is 10.2. The Hall–Kier alpha value is -2.37. The van der Waals surface area contributed by atoms with E-state index in [-0.39, 0.29) is 31.1 Å². The molecular weight excluding hydrogens is 937 g/mol. The summed E-state index contributed by atoms with van der Waals surface area (Å²) < 4.78 is 16.9. The fourth-order valence-corrected chi connectivity index (χ4v) is 10.2. The normalized spacial score (nSPS) is 12.2. The number of hydrogen-bond acceptors (Lipinski definition) is 6. The third-order valence-corrected chi connectivity index (χ3v) is 15.3. The van der Waals surface area contributed by atoms with Crippen LogP contribution in [-0.4, -0.2) is 37.2 Å². The molecule has 0 fully saturated rings. The third-order valence-electron chi connectivity index (χ3n) is 15.3. The minimum Gasteiger partial charge on any atom is -0.462 e. The van der Waals surface area contributed by atoms with Gasteiger partial charge in [0.05, 0.1) is 0 Å². The summed E-state index contributed by atoms with van der Waals surface area (Å²) in [5.41, 5.74) is 0. The van der Waals surface area contributed by atoms with Crippen molar-refractivity contribution >= 4 is 17.9 Å². The van der Waals surface area contributed by atoms with Crippen molar-refractivity contribution in [2.24, 2.45) is 0 Å². The van der Waals surface area contributed by atoms with Crippen LogP contribution >= 0.6 is 0 Å². The molecule has 0 aliphatic heterocycles. The van der Waals surface area contributed by atoms with Gasteiger partial charge in [-0.3, -0.25) is 14.4 Å². The van der Waals surface area contributed by atoms with Crippen LogP contribution in [0.15, 0.2) is 36.5 Å². The zero-order chi connectivity index (χ0) is 55.0.